The van der Waals surface area contributed by atoms with E-state index in [-0.39, 0.29) is 6.54 Å². The summed E-state index contributed by atoms with van der Waals surface area (Å²) in [5, 5.41) is 4.34. The Morgan fingerprint density at radius 3 is 2.86 bits per heavy atom. The van der Waals surface area contributed by atoms with Crippen LogP contribution in [-0.2, 0) is 13.2 Å². The zero-order valence-electron chi connectivity index (χ0n) is 12.2. The van der Waals surface area contributed by atoms with Crippen molar-refractivity contribution in [1.82, 2.24) is 9.78 Å². The van der Waals surface area contributed by atoms with E-state index in [0.717, 1.165) is 17.9 Å². The van der Waals surface area contributed by atoms with Crippen LogP contribution in [-0.4, -0.2) is 16.3 Å². The Hall–Kier alpha value is -2.32. The predicted molar refractivity (Wildman–Crippen MR) is 79.3 cm³/mol. The van der Waals surface area contributed by atoms with E-state index in [9.17, 15) is 4.39 Å². The maximum absolute atomic E-state index is 13.8. The molecule has 0 bridgehead atoms. The second-order valence-corrected chi connectivity index (χ2v) is 4.53. The fourth-order valence-corrected chi connectivity index (χ4v) is 1.98. The lowest BCUT2D eigenvalue weighted by atomic mass is 10.2. The molecule has 0 amide bonds. The zero-order valence-corrected chi connectivity index (χ0v) is 12.2. The fraction of sp³-hybridized carbons (Fsp3) is 0.312. The summed E-state index contributed by atoms with van der Waals surface area (Å²) >= 11 is 0. The van der Waals surface area contributed by atoms with E-state index in [1.54, 1.807) is 12.1 Å². The van der Waals surface area contributed by atoms with Gasteiger partial charge < -0.3 is 10.5 Å². The fourth-order valence-electron chi connectivity index (χ4n) is 1.98. The van der Waals surface area contributed by atoms with Crippen LogP contribution in [0.15, 0.2) is 24.3 Å². The van der Waals surface area contributed by atoms with E-state index >= 15 is 0 Å². The highest BCUT2D eigenvalue weighted by Crippen LogP contribution is 2.17. The molecule has 0 fully saturated rings. The van der Waals surface area contributed by atoms with E-state index in [1.807, 2.05) is 24.6 Å². The minimum Gasteiger partial charge on any atom is -0.487 e. The number of hydrogen-bond donors (Lipinski definition) is 1. The molecule has 0 radical (unpaired) electrons. The summed E-state index contributed by atoms with van der Waals surface area (Å²) in [7, 11) is 0. The third-order valence-electron chi connectivity index (χ3n) is 2.94. The van der Waals surface area contributed by atoms with Crippen molar-refractivity contribution in [3.05, 3.63) is 47.0 Å². The lowest BCUT2D eigenvalue weighted by Crippen LogP contribution is -2.06. The second-order valence-electron chi connectivity index (χ2n) is 4.53. The van der Waals surface area contributed by atoms with Crippen LogP contribution >= 0.6 is 0 Å². The molecule has 0 spiro atoms. The number of ether oxygens (including phenoxy) is 1. The molecule has 0 aliphatic heterocycles. The van der Waals surface area contributed by atoms with Gasteiger partial charge in [-0.05, 0) is 32.0 Å². The van der Waals surface area contributed by atoms with Crippen molar-refractivity contribution in [2.45, 2.75) is 27.0 Å². The molecule has 0 aliphatic rings. The number of nitrogens with two attached hydrogens (primary N) is 1. The molecule has 5 heteroatoms. The Morgan fingerprint density at radius 1 is 1.38 bits per heavy atom. The van der Waals surface area contributed by atoms with Crippen molar-refractivity contribution in [1.29, 1.82) is 0 Å². The molecule has 0 saturated heterocycles. The second kappa shape index (κ2) is 6.91. The van der Waals surface area contributed by atoms with Crippen molar-refractivity contribution in [2.75, 3.05) is 6.54 Å². The first kappa shape index (κ1) is 15.1. The molecule has 0 aliphatic carbocycles. The van der Waals surface area contributed by atoms with Crippen LogP contribution in [0.2, 0.25) is 0 Å². The normalized spacial score (nSPS) is 10.1. The van der Waals surface area contributed by atoms with E-state index in [4.69, 9.17) is 10.5 Å². The largest absolute Gasteiger partial charge is 0.487 e. The van der Waals surface area contributed by atoms with Gasteiger partial charge in [-0.1, -0.05) is 11.8 Å². The summed E-state index contributed by atoms with van der Waals surface area (Å²) < 4.78 is 21.3. The molecule has 2 rings (SSSR count). The first-order chi connectivity index (χ1) is 10.1. The van der Waals surface area contributed by atoms with Crippen LogP contribution in [0.1, 0.15) is 23.9 Å². The Morgan fingerprint density at radius 2 is 2.19 bits per heavy atom. The van der Waals surface area contributed by atoms with Gasteiger partial charge >= 0.3 is 0 Å². The highest BCUT2D eigenvalue weighted by atomic mass is 19.1. The Kier molecular flexibility index (Phi) is 4.96. The van der Waals surface area contributed by atoms with Crippen molar-refractivity contribution in [3.8, 4) is 17.6 Å². The molecule has 1 heterocycles. The molecule has 0 atom stereocenters. The van der Waals surface area contributed by atoms with Crippen molar-refractivity contribution < 1.29 is 9.13 Å². The quantitative estimate of drug-likeness (QED) is 0.877. The Labute approximate surface area is 123 Å². The van der Waals surface area contributed by atoms with Crippen molar-refractivity contribution in [2.24, 2.45) is 5.73 Å². The smallest absolute Gasteiger partial charge is 0.142 e. The maximum Gasteiger partial charge on any atom is 0.142 e. The Bertz CT molecular complexity index is 683. The number of benzene rings is 1. The summed E-state index contributed by atoms with van der Waals surface area (Å²) in [6.07, 6.45) is 0. The number of aryl methyl sites for hydroxylation is 2. The number of rotatable bonds is 4. The molecule has 110 valence electrons. The number of nitrogens with zero attached hydrogens (tertiary/aromatic N) is 2. The van der Waals surface area contributed by atoms with Crippen LogP contribution < -0.4 is 10.5 Å². The zero-order chi connectivity index (χ0) is 15.2. The monoisotopic (exact) mass is 287 g/mol. The predicted octanol–water partition coefficient (Wildman–Crippen LogP) is 2.24. The van der Waals surface area contributed by atoms with E-state index in [0.29, 0.717) is 17.9 Å². The van der Waals surface area contributed by atoms with Crippen LogP contribution in [0.5, 0.6) is 5.75 Å². The number of hydrogen-bond acceptors (Lipinski definition) is 3. The van der Waals surface area contributed by atoms with Crippen LogP contribution in [0.4, 0.5) is 4.39 Å². The summed E-state index contributed by atoms with van der Waals surface area (Å²) in [6.45, 7) is 5.27. The molecule has 4 nitrogen and oxygen atoms in total. The number of halogens is 1. The molecule has 1 aromatic carbocycles. The van der Waals surface area contributed by atoms with Gasteiger partial charge in [0.2, 0.25) is 0 Å². The first-order valence-corrected chi connectivity index (χ1v) is 6.78. The van der Waals surface area contributed by atoms with Gasteiger partial charge in [-0.25, -0.2) is 4.39 Å². The summed E-state index contributed by atoms with van der Waals surface area (Å²) in [5.41, 5.74) is 7.49. The van der Waals surface area contributed by atoms with Gasteiger partial charge in [0.25, 0.3) is 0 Å². The Balaban J connectivity index is 2.08. The van der Waals surface area contributed by atoms with Gasteiger partial charge in [0.15, 0.2) is 0 Å². The van der Waals surface area contributed by atoms with Crippen molar-refractivity contribution in [3.63, 3.8) is 0 Å². The van der Waals surface area contributed by atoms with Crippen LogP contribution in [0, 0.1) is 24.6 Å². The molecule has 0 saturated carbocycles. The van der Waals surface area contributed by atoms with Gasteiger partial charge in [-0.15, -0.1) is 0 Å². The standard InChI is InChI=1S/C16H18FN3O/c1-3-20-14(9-12(2)19-20)11-21-15-7-6-13(5-4-8-18)16(17)10-15/h6-7,9-10H,3,8,11,18H2,1-2H3. The van der Waals surface area contributed by atoms with Gasteiger partial charge in [0, 0.05) is 12.6 Å². The molecule has 2 aromatic rings. The highest BCUT2D eigenvalue weighted by Gasteiger charge is 2.06. The first-order valence-electron chi connectivity index (χ1n) is 6.78. The molecule has 21 heavy (non-hydrogen) atoms. The summed E-state index contributed by atoms with van der Waals surface area (Å²) in [6, 6.07) is 6.58. The molecule has 2 N–H and O–H groups in total. The average molecular weight is 287 g/mol. The van der Waals surface area contributed by atoms with Crippen LogP contribution in [0.3, 0.4) is 0 Å². The van der Waals surface area contributed by atoms with Gasteiger partial charge in [-0.2, -0.15) is 5.10 Å². The van der Waals surface area contributed by atoms with E-state index in [1.165, 1.54) is 6.07 Å². The van der Waals surface area contributed by atoms with E-state index < -0.39 is 5.82 Å². The topological polar surface area (TPSA) is 53.1 Å². The highest BCUT2D eigenvalue weighted by molar-refractivity contribution is 5.39. The van der Waals surface area contributed by atoms with Gasteiger partial charge in [0.1, 0.15) is 18.2 Å². The summed E-state index contributed by atoms with van der Waals surface area (Å²) in [5.74, 6) is 5.36. The lowest BCUT2D eigenvalue weighted by molar-refractivity contribution is 0.291. The molecule has 1 aromatic heterocycles. The third kappa shape index (κ3) is 3.83. The van der Waals surface area contributed by atoms with Crippen molar-refractivity contribution >= 4 is 0 Å². The average Bonchev–Trinajstić information content (AvgIpc) is 2.84. The molecule has 0 unspecified atom stereocenters. The molecular formula is C16H18FN3O. The molecular weight excluding hydrogens is 269 g/mol. The van der Waals surface area contributed by atoms with E-state index in [2.05, 4.69) is 16.9 Å². The lowest BCUT2D eigenvalue weighted by Gasteiger charge is -2.08. The maximum atomic E-state index is 13.8. The number of aromatic nitrogens is 2. The SMILES string of the molecule is CCn1nc(C)cc1COc1ccc(C#CCN)c(F)c1. The van der Waals surface area contributed by atoms with Gasteiger partial charge in [-0.3, -0.25) is 4.68 Å². The van der Waals surface area contributed by atoms with Crippen LogP contribution in [0.25, 0.3) is 0 Å². The minimum atomic E-state index is -0.409. The van der Waals surface area contributed by atoms with Gasteiger partial charge in [0.05, 0.1) is 23.5 Å². The third-order valence-corrected chi connectivity index (χ3v) is 2.94. The summed E-state index contributed by atoms with van der Waals surface area (Å²) in [4.78, 5) is 0. The minimum absolute atomic E-state index is 0.206.